The van der Waals surface area contributed by atoms with Gasteiger partial charge in [-0.1, -0.05) is 27.2 Å². The molecule has 1 aromatic carbocycles. The molecule has 168 valence electrons. The third-order valence-corrected chi connectivity index (χ3v) is 8.77. The summed E-state index contributed by atoms with van der Waals surface area (Å²) in [4.78, 5) is 15.7. The molecule has 0 radical (unpaired) electrons. The Bertz CT molecular complexity index is 839. The number of methoxy groups -OCH3 is 1. The van der Waals surface area contributed by atoms with Crippen molar-refractivity contribution in [2.75, 3.05) is 20.2 Å². The highest BCUT2D eigenvalue weighted by molar-refractivity contribution is 7.89. The van der Waals surface area contributed by atoms with E-state index in [1.54, 1.807) is 12.1 Å². The number of ether oxygens (including phenoxy) is 1. The van der Waals surface area contributed by atoms with Crippen LogP contribution in [0.5, 0.6) is 5.75 Å². The number of sulfonamides is 1. The van der Waals surface area contributed by atoms with Crippen molar-refractivity contribution in [1.82, 2.24) is 9.21 Å². The lowest BCUT2D eigenvalue weighted by Crippen LogP contribution is -2.44. The fourth-order valence-electron chi connectivity index (χ4n) is 4.68. The molecule has 0 bridgehead atoms. The molecule has 0 aliphatic heterocycles. The van der Waals surface area contributed by atoms with Gasteiger partial charge >= 0.3 is 0 Å². The molecule has 0 atom stereocenters. The number of carbonyl (C=O) groups excluding carboxylic acids is 1. The first-order valence-electron chi connectivity index (χ1n) is 11.4. The molecule has 3 rings (SSSR count). The molecule has 0 aromatic heterocycles. The van der Waals surface area contributed by atoms with Crippen LogP contribution in [0.15, 0.2) is 23.1 Å². The van der Waals surface area contributed by atoms with Crippen LogP contribution < -0.4 is 4.74 Å². The summed E-state index contributed by atoms with van der Waals surface area (Å²) in [6, 6.07) is 5.39. The molecule has 0 unspecified atom stereocenters. The minimum Gasteiger partial charge on any atom is -0.495 e. The number of benzene rings is 1. The highest BCUT2D eigenvalue weighted by atomic mass is 32.2. The minimum atomic E-state index is -3.73. The van der Waals surface area contributed by atoms with Crippen molar-refractivity contribution < 1.29 is 17.9 Å². The van der Waals surface area contributed by atoms with Gasteiger partial charge in [0.15, 0.2) is 0 Å². The SMILES string of the molecule is CCC1CCC(N(C(=O)c2ccc(OC)c(S(=O)(=O)N(CC)CC)c2)C2CC2)CC1. The Balaban J connectivity index is 1.91. The van der Waals surface area contributed by atoms with Gasteiger partial charge in [-0.25, -0.2) is 8.42 Å². The highest BCUT2D eigenvalue weighted by Gasteiger charge is 2.39. The van der Waals surface area contributed by atoms with Crippen LogP contribution in [-0.2, 0) is 10.0 Å². The number of nitrogens with zero attached hydrogens (tertiary/aromatic N) is 2. The monoisotopic (exact) mass is 436 g/mol. The Morgan fingerprint density at radius 1 is 1.00 bits per heavy atom. The molecule has 6 nitrogen and oxygen atoms in total. The molecule has 2 aliphatic rings. The van der Waals surface area contributed by atoms with Crippen molar-refractivity contribution >= 4 is 15.9 Å². The molecule has 30 heavy (non-hydrogen) atoms. The first-order chi connectivity index (χ1) is 14.4. The van der Waals surface area contributed by atoms with E-state index < -0.39 is 10.0 Å². The smallest absolute Gasteiger partial charge is 0.254 e. The Labute approximate surface area is 181 Å². The number of carbonyl (C=O) groups is 1. The molecule has 7 heteroatoms. The first-order valence-corrected chi connectivity index (χ1v) is 12.8. The average molecular weight is 437 g/mol. The van der Waals surface area contributed by atoms with E-state index in [0.29, 0.717) is 24.7 Å². The summed E-state index contributed by atoms with van der Waals surface area (Å²) in [5.74, 6) is 1.00. The molecule has 0 heterocycles. The predicted molar refractivity (Wildman–Crippen MR) is 118 cm³/mol. The van der Waals surface area contributed by atoms with E-state index in [-0.39, 0.29) is 22.6 Å². The van der Waals surface area contributed by atoms with E-state index in [4.69, 9.17) is 4.74 Å². The zero-order chi connectivity index (χ0) is 21.9. The number of hydrogen-bond donors (Lipinski definition) is 0. The molecule has 2 saturated carbocycles. The average Bonchev–Trinajstić information content (AvgIpc) is 3.59. The fraction of sp³-hybridized carbons (Fsp3) is 0.696. The lowest BCUT2D eigenvalue weighted by atomic mass is 9.83. The Morgan fingerprint density at radius 3 is 2.03 bits per heavy atom. The maximum Gasteiger partial charge on any atom is 0.254 e. The summed E-state index contributed by atoms with van der Waals surface area (Å²) in [6.07, 6.45) is 7.71. The van der Waals surface area contributed by atoms with Crippen molar-refractivity contribution in [3.05, 3.63) is 23.8 Å². The Hall–Kier alpha value is -1.60. The molecule has 0 N–H and O–H groups in total. The molecule has 0 saturated heterocycles. The molecule has 2 fully saturated rings. The van der Waals surface area contributed by atoms with Crippen LogP contribution in [-0.4, -0.2) is 55.8 Å². The van der Waals surface area contributed by atoms with E-state index in [2.05, 4.69) is 11.8 Å². The van der Waals surface area contributed by atoms with Crippen LogP contribution >= 0.6 is 0 Å². The molecular weight excluding hydrogens is 400 g/mol. The fourth-order valence-corrected chi connectivity index (χ4v) is 6.32. The van der Waals surface area contributed by atoms with Gasteiger partial charge in [0.1, 0.15) is 10.6 Å². The zero-order valence-corrected chi connectivity index (χ0v) is 19.6. The lowest BCUT2D eigenvalue weighted by Gasteiger charge is -2.37. The van der Waals surface area contributed by atoms with Crippen LogP contribution in [0.3, 0.4) is 0 Å². The molecule has 1 amide bonds. The number of rotatable bonds is 9. The molecular formula is C23H36N2O4S. The largest absolute Gasteiger partial charge is 0.495 e. The summed E-state index contributed by atoms with van der Waals surface area (Å²) in [6.45, 7) is 6.60. The minimum absolute atomic E-state index is 0.0453. The third-order valence-electron chi connectivity index (χ3n) is 6.70. The topological polar surface area (TPSA) is 66.9 Å². The highest BCUT2D eigenvalue weighted by Crippen LogP contribution is 2.38. The quantitative estimate of drug-likeness (QED) is 0.579. The van der Waals surface area contributed by atoms with Gasteiger partial charge in [0.2, 0.25) is 10.0 Å². The third kappa shape index (κ3) is 4.67. The molecule has 0 spiro atoms. The normalized spacial score (nSPS) is 22.2. The first kappa shape index (κ1) is 23.1. The molecule has 1 aromatic rings. The van der Waals surface area contributed by atoms with Crippen molar-refractivity contribution in [2.24, 2.45) is 5.92 Å². The van der Waals surface area contributed by atoms with Crippen LogP contribution in [0.1, 0.15) is 76.1 Å². The summed E-state index contributed by atoms with van der Waals surface area (Å²) >= 11 is 0. The Morgan fingerprint density at radius 2 is 1.57 bits per heavy atom. The van der Waals surface area contributed by atoms with Crippen LogP contribution in [0.25, 0.3) is 0 Å². The van der Waals surface area contributed by atoms with E-state index in [1.807, 2.05) is 13.8 Å². The second-order valence-electron chi connectivity index (χ2n) is 8.48. The van der Waals surface area contributed by atoms with Crippen molar-refractivity contribution in [2.45, 2.75) is 82.7 Å². The van der Waals surface area contributed by atoms with Gasteiger partial charge in [-0.3, -0.25) is 4.79 Å². The van der Waals surface area contributed by atoms with Gasteiger partial charge in [0.05, 0.1) is 7.11 Å². The van der Waals surface area contributed by atoms with Crippen molar-refractivity contribution in [3.63, 3.8) is 0 Å². The van der Waals surface area contributed by atoms with Gasteiger partial charge in [-0.2, -0.15) is 4.31 Å². The van der Waals surface area contributed by atoms with Gasteiger partial charge in [0, 0.05) is 30.7 Å². The maximum atomic E-state index is 13.5. The van der Waals surface area contributed by atoms with Gasteiger partial charge in [-0.15, -0.1) is 0 Å². The Kier molecular flexibility index (Phi) is 7.45. The van der Waals surface area contributed by atoms with Gasteiger partial charge in [-0.05, 0) is 62.6 Å². The van der Waals surface area contributed by atoms with Crippen molar-refractivity contribution in [3.8, 4) is 5.75 Å². The van der Waals surface area contributed by atoms with E-state index >= 15 is 0 Å². The standard InChI is InChI=1S/C23H36N2O4S/c1-5-17-8-11-19(12-9-17)25(20-13-14-20)23(26)18-10-15-21(29-4)22(16-18)30(27,28)24(6-2)7-3/h10,15-17,19-20H,5-9,11-14H2,1-4H3. The number of hydrogen-bond acceptors (Lipinski definition) is 4. The summed E-state index contributed by atoms with van der Waals surface area (Å²) < 4.78 is 33.0. The second-order valence-corrected chi connectivity index (χ2v) is 10.4. The van der Waals surface area contributed by atoms with E-state index in [0.717, 1.165) is 31.6 Å². The maximum absolute atomic E-state index is 13.5. The van der Waals surface area contributed by atoms with E-state index in [9.17, 15) is 13.2 Å². The summed E-state index contributed by atoms with van der Waals surface area (Å²) in [5, 5.41) is 0. The summed E-state index contributed by atoms with van der Waals surface area (Å²) in [5.41, 5.74) is 0.436. The predicted octanol–water partition coefficient (Wildman–Crippen LogP) is 4.30. The molecule has 2 aliphatic carbocycles. The van der Waals surface area contributed by atoms with Crippen LogP contribution in [0, 0.1) is 5.92 Å². The zero-order valence-electron chi connectivity index (χ0n) is 18.8. The van der Waals surface area contributed by atoms with Crippen LogP contribution in [0.2, 0.25) is 0 Å². The number of amides is 1. The van der Waals surface area contributed by atoms with E-state index in [1.165, 1.54) is 36.7 Å². The van der Waals surface area contributed by atoms with Crippen LogP contribution in [0.4, 0.5) is 0 Å². The van der Waals surface area contributed by atoms with Gasteiger partial charge < -0.3 is 9.64 Å². The second kappa shape index (κ2) is 9.69. The summed E-state index contributed by atoms with van der Waals surface area (Å²) in [7, 11) is -2.27. The lowest BCUT2D eigenvalue weighted by molar-refractivity contribution is 0.0587. The van der Waals surface area contributed by atoms with Crippen molar-refractivity contribution in [1.29, 1.82) is 0 Å². The van der Waals surface area contributed by atoms with Gasteiger partial charge in [0.25, 0.3) is 5.91 Å².